The molecule has 0 fully saturated rings. The Hall–Kier alpha value is -2.14. The van der Waals surface area contributed by atoms with E-state index in [0.717, 1.165) is 15.8 Å². The molecule has 0 radical (unpaired) electrons. The lowest BCUT2D eigenvalue weighted by atomic mass is 10.2. The fourth-order valence-corrected chi connectivity index (χ4v) is 2.07. The van der Waals surface area contributed by atoms with Crippen molar-refractivity contribution in [1.82, 2.24) is 10.3 Å². The molecular weight excluding hydrogens is 330 g/mol. The van der Waals surface area contributed by atoms with E-state index in [2.05, 4.69) is 38.1 Å². The lowest BCUT2D eigenvalue weighted by Crippen LogP contribution is -2.24. The van der Waals surface area contributed by atoms with E-state index in [1.807, 2.05) is 31.2 Å². The van der Waals surface area contributed by atoms with Crippen molar-refractivity contribution in [1.29, 1.82) is 0 Å². The molecule has 0 bridgehead atoms. The molecule has 0 spiro atoms. The summed E-state index contributed by atoms with van der Waals surface area (Å²) < 4.78 is 1.04. The number of hydrogen-bond acceptors (Lipinski definition) is 3. The third-order valence-corrected chi connectivity index (χ3v) is 3.72. The zero-order valence-corrected chi connectivity index (χ0v) is 13.3. The molecule has 1 heterocycles. The zero-order chi connectivity index (χ0) is 15.2. The van der Waals surface area contributed by atoms with Crippen molar-refractivity contribution < 1.29 is 4.79 Å². The van der Waals surface area contributed by atoms with Crippen molar-refractivity contribution in [2.75, 3.05) is 11.9 Å². The van der Waals surface area contributed by atoms with E-state index in [-0.39, 0.29) is 5.91 Å². The molecule has 4 nitrogen and oxygen atoms in total. The van der Waals surface area contributed by atoms with E-state index in [1.165, 1.54) is 5.56 Å². The molecule has 1 aromatic carbocycles. The predicted molar refractivity (Wildman–Crippen MR) is 88.9 cm³/mol. The first-order chi connectivity index (χ1) is 10.1. The second-order valence-electron chi connectivity index (χ2n) is 4.52. The second-order valence-corrected chi connectivity index (χ2v) is 5.37. The monoisotopic (exact) mass is 345 g/mol. The van der Waals surface area contributed by atoms with Gasteiger partial charge in [0.2, 0.25) is 0 Å². The van der Waals surface area contributed by atoms with Gasteiger partial charge in [0, 0.05) is 16.7 Å². The first-order valence-corrected chi connectivity index (χ1v) is 7.28. The maximum Gasteiger partial charge on any atom is 0.270 e. The topological polar surface area (TPSA) is 54.0 Å². The molecule has 1 aromatic heterocycles. The minimum Gasteiger partial charge on any atom is -0.354 e. The Labute approximate surface area is 132 Å². The van der Waals surface area contributed by atoms with Gasteiger partial charge < -0.3 is 10.6 Å². The van der Waals surface area contributed by atoms with E-state index >= 15 is 0 Å². The number of nitrogens with one attached hydrogen (secondary N) is 2. The van der Waals surface area contributed by atoms with Gasteiger partial charge in [-0.3, -0.25) is 4.79 Å². The van der Waals surface area contributed by atoms with Gasteiger partial charge in [-0.1, -0.05) is 28.1 Å². The average Bonchev–Trinajstić information content (AvgIpc) is 2.49. The average molecular weight is 346 g/mol. The Morgan fingerprint density at radius 1 is 1.33 bits per heavy atom. The lowest BCUT2D eigenvalue weighted by molar-refractivity contribution is 0.0953. The highest BCUT2D eigenvalue weighted by atomic mass is 79.9. The van der Waals surface area contributed by atoms with E-state index < -0.39 is 0 Å². The first-order valence-electron chi connectivity index (χ1n) is 6.48. The van der Waals surface area contributed by atoms with Gasteiger partial charge in [-0.15, -0.1) is 6.58 Å². The van der Waals surface area contributed by atoms with Gasteiger partial charge >= 0.3 is 0 Å². The molecule has 0 saturated heterocycles. The maximum atomic E-state index is 11.7. The molecule has 0 unspecified atom stereocenters. The lowest BCUT2D eigenvalue weighted by Gasteiger charge is -2.08. The van der Waals surface area contributed by atoms with Crippen LogP contribution in [0.25, 0.3) is 0 Å². The number of halogens is 1. The highest BCUT2D eigenvalue weighted by Gasteiger charge is 2.05. The minimum absolute atomic E-state index is 0.209. The summed E-state index contributed by atoms with van der Waals surface area (Å²) in [6.07, 6.45) is 3.26. The molecule has 1 amide bonds. The van der Waals surface area contributed by atoms with Crippen LogP contribution in [0, 0.1) is 6.92 Å². The SMILES string of the molecule is C=CCNC(=O)c1ccc(Nc2ccc(C)c(Br)c2)cn1. The summed E-state index contributed by atoms with van der Waals surface area (Å²) in [5, 5.41) is 5.93. The van der Waals surface area contributed by atoms with E-state index in [4.69, 9.17) is 0 Å². The first kappa shape index (κ1) is 15.3. The molecule has 0 aliphatic heterocycles. The molecule has 0 saturated carbocycles. The number of rotatable bonds is 5. The number of anilines is 2. The van der Waals surface area contributed by atoms with Gasteiger partial charge in [0.15, 0.2) is 0 Å². The molecule has 2 aromatic rings. The van der Waals surface area contributed by atoms with Crippen molar-refractivity contribution in [3.8, 4) is 0 Å². The molecule has 0 atom stereocenters. The Bertz CT molecular complexity index is 653. The summed E-state index contributed by atoms with van der Waals surface area (Å²) in [7, 11) is 0. The highest BCUT2D eigenvalue weighted by molar-refractivity contribution is 9.10. The Morgan fingerprint density at radius 3 is 2.71 bits per heavy atom. The normalized spacial score (nSPS) is 10.0. The zero-order valence-electron chi connectivity index (χ0n) is 11.7. The molecule has 2 rings (SSSR count). The Morgan fingerprint density at radius 2 is 2.10 bits per heavy atom. The summed E-state index contributed by atoms with van der Waals surface area (Å²) in [6, 6.07) is 9.52. The number of aryl methyl sites for hydroxylation is 1. The number of aromatic nitrogens is 1. The third kappa shape index (κ3) is 4.16. The van der Waals surface area contributed by atoms with Crippen LogP contribution in [0.3, 0.4) is 0 Å². The molecule has 0 aliphatic carbocycles. The predicted octanol–water partition coefficient (Wildman–Crippen LogP) is 3.81. The quantitative estimate of drug-likeness (QED) is 0.810. The number of hydrogen-bond donors (Lipinski definition) is 2. The van der Waals surface area contributed by atoms with Crippen LogP contribution >= 0.6 is 15.9 Å². The summed E-state index contributed by atoms with van der Waals surface area (Å²) in [4.78, 5) is 15.9. The fraction of sp³-hybridized carbons (Fsp3) is 0.125. The number of carbonyl (C=O) groups excluding carboxylic acids is 1. The molecule has 5 heteroatoms. The van der Waals surface area contributed by atoms with Crippen LogP contribution in [0.1, 0.15) is 16.1 Å². The van der Waals surface area contributed by atoms with Crippen molar-refractivity contribution >= 4 is 33.2 Å². The van der Waals surface area contributed by atoms with E-state index in [1.54, 1.807) is 18.3 Å². The van der Waals surface area contributed by atoms with Gasteiger partial charge in [0.1, 0.15) is 5.69 Å². The number of benzene rings is 1. The van der Waals surface area contributed by atoms with Crippen LogP contribution in [0.5, 0.6) is 0 Å². The van der Waals surface area contributed by atoms with Crippen molar-refractivity contribution in [2.24, 2.45) is 0 Å². The smallest absolute Gasteiger partial charge is 0.270 e. The maximum absolute atomic E-state index is 11.7. The van der Waals surface area contributed by atoms with Crippen molar-refractivity contribution in [2.45, 2.75) is 6.92 Å². The highest BCUT2D eigenvalue weighted by Crippen LogP contribution is 2.23. The number of nitrogens with zero attached hydrogens (tertiary/aromatic N) is 1. The van der Waals surface area contributed by atoms with Gasteiger partial charge in [-0.05, 0) is 36.8 Å². The summed E-state index contributed by atoms with van der Waals surface area (Å²) >= 11 is 3.50. The fourth-order valence-electron chi connectivity index (χ4n) is 1.69. The van der Waals surface area contributed by atoms with Crippen molar-refractivity contribution in [3.63, 3.8) is 0 Å². The van der Waals surface area contributed by atoms with Gasteiger partial charge in [0.05, 0.1) is 11.9 Å². The van der Waals surface area contributed by atoms with Crippen LogP contribution in [0.2, 0.25) is 0 Å². The molecule has 0 aliphatic rings. The van der Waals surface area contributed by atoms with Crippen molar-refractivity contribution in [3.05, 3.63) is 64.9 Å². The summed E-state index contributed by atoms with van der Waals surface area (Å²) in [6.45, 7) is 6.01. The largest absolute Gasteiger partial charge is 0.354 e. The number of carbonyl (C=O) groups is 1. The summed E-state index contributed by atoms with van der Waals surface area (Å²) in [5.41, 5.74) is 3.34. The van der Waals surface area contributed by atoms with Crippen LogP contribution < -0.4 is 10.6 Å². The van der Waals surface area contributed by atoms with Crippen LogP contribution in [0.15, 0.2) is 53.7 Å². The standard InChI is InChI=1S/C16H16BrN3O/c1-3-8-18-16(21)15-7-6-13(10-19-15)20-12-5-4-11(2)14(17)9-12/h3-7,9-10,20H,1,8H2,2H3,(H,18,21). The summed E-state index contributed by atoms with van der Waals surface area (Å²) in [5.74, 6) is -0.209. The third-order valence-electron chi connectivity index (χ3n) is 2.86. The Balaban J connectivity index is 2.06. The van der Waals surface area contributed by atoms with Gasteiger partial charge in [0.25, 0.3) is 5.91 Å². The molecule has 2 N–H and O–H groups in total. The second kappa shape index (κ2) is 7.04. The molecular formula is C16H16BrN3O. The van der Waals surface area contributed by atoms with Crippen LogP contribution in [0.4, 0.5) is 11.4 Å². The number of amides is 1. The van der Waals surface area contributed by atoms with Crippen LogP contribution in [-0.4, -0.2) is 17.4 Å². The van der Waals surface area contributed by atoms with E-state index in [0.29, 0.717) is 12.2 Å². The minimum atomic E-state index is -0.209. The van der Waals surface area contributed by atoms with E-state index in [9.17, 15) is 4.79 Å². The molecule has 21 heavy (non-hydrogen) atoms. The number of pyridine rings is 1. The molecule has 108 valence electrons. The Kier molecular flexibility index (Phi) is 5.11. The van der Waals surface area contributed by atoms with Gasteiger partial charge in [-0.25, -0.2) is 4.98 Å². The van der Waals surface area contributed by atoms with Gasteiger partial charge in [-0.2, -0.15) is 0 Å². The van der Waals surface area contributed by atoms with Crippen LogP contribution in [-0.2, 0) is 0 Å².